The largest absolute Gasteiger partial charge is 0.456 e. The Morgan fingerprint density at radius 3 is 1.83 bits per heavy atom. The van der Waals surface area contributed by atoms with Crippen LogP contribution in [0.3, 0.4) is 0 Å². The van der Waals surface area contributed by atoms with Crippen LogP contribution in [0.2, 0.25) is 0 Å². The summed E-state index contributed by atoms with van der Waals surface area (Å²) in [6, 6.07) is 58.4. The summed E-state index contributed by atoms with van der Waals surface area (Å²) < 4.78 is 6.49. The van der Waals surface area contributed by atoms with Crippen molar-refractivity contribution in [2.24, 2.45) is 0 Å². The molecule has 0 spiro atoms. The SMILES string of the molecule is c1ccc(-c2cc(-c3ccccc3)nc(-c3cccc4oc5ccc(-c6ccc7ccc8cccc9ccc6c7c89)cc5c34)c2)cc1. The molecule has 2 nitrogen and oxygen atoms in total. The lowest BCUT2D eigenvalue weighted by Gasteiger charge is -2.14. The Morgan fingerprint density at radius 1 is 0.340 bits per heavy atom. The second-order valence-corrected chi connectivity index (χ2v) is 12.3. The van der Waals surface area contributed by atoms with Crippen molar-refractivity contribution in [3.63, 3.8) is 0 Å². The molecular formula is C45H27NO. The van der Waals surface area contributed by atoms with Gasteiger partial charge in [0, 0.05) is 21.9 Å². The molecule has 2 heteroatoms. The van der Waals surface area contributed by atoms with Gasteiger partial charge in [0.25, 0.3) is 0 Å². The Bertz CT molecular complexity index is 2700. The highest BCUT2D eigenvalue weighted by atomic mass is 16.3. The van der Waals surface area contributed by atoms with Crippen LogP contribution in [0.4, 0.5) is 0 Å². The summed E-state index contributed by atoms with van der Waals surface area (Å²) in [5, 5.41) is 9.92. The molecule has 0 fully saturated rings. The second-order valence-electron chi connectivity index (χ2n) is 12.3. The van der Waals surface area contributed by atoms with E-state index in [1.165, 1.54) is 43.4 Å². The highest BCUT2D eigenvalue weighted by Crippen LogP contribution is 2.43. The van der Waals surface area contributed by atoms with Crippen molar-refractivity contribution < 1.29 is 4.42 Å². The lowest BCUT2D eigenvalue weighted by molar-refractivity contribution is 0.669. The summed E-state index contributed by atoms with van der Waals surface area (Å²) >= 11 is 0. The van der Waals surface area contributed by atoms with Gasteiger partial charge in [-0.15, -0.1) is 0 Å². The molecule has 0 amide bonds. The van der Waals surface area contributed by atoms with E-state index < -0.39 is 0 Å². The van der Waals surface area contributed by atoms with Crippen LogP contribution >= 0.6 is 0 Å². The summed E-state index contributed by atoms with van der Waals surface area (Å²) in [5.41, 5.74) is 10.4. The Morgan fingerprint density at radius 2 is 1.02 bits per heavy atom. The van der Waals surface area contributed by atoms with E-state index in [-0.39, 0.29) is 0 Å². The molecule has 0 aliphatic carbocycles. The first kappa shape index (κ1) is 26.0. The predicted molar refractivity (Wildman–Crippen MR) is 197 cm³/mol. The summed E-state index contributed by atoms with van der Waals surface area (Å²) in [6.45, 7) is 0. The zero-order chi connectivity index (χ0) is 30.9. The van der Waals surface area contributed by atoms with Crippen LogP contribution in [0, 0.1) is 0 Å². The predicted octanol–water partition coefficient (Wildman–Crippen LogP) is 12.5. The average Bonchev–Trinajstić information content (AvgIpc) is 3.52. The first-order valence-electron chi connectivity index (χ1n) is 16.0. The quantitative estimate of drug-likeness (QED) is 0.189. The van der Waals surface area contributed by atoms with Crippen molar-refractivity contribution in [3.05, 3.63) is 164 Å². The monoisotopic (exact) mass is 597 g/mol. The Labute approximate surface area is 271 Å². The number of benzene rings is 8. The van der Waals surface area contributed by atoms with Crippen molar-refractivity contribution in [2.45, 2.75) is 0 Å². The minimum Gasteiger partial charge on any atom is -0.456 e. The van der Waals surface area contributed by atoms with E-state index in [9.17, 15) is 0 Å². The molecule has 0 radical (unpaired) electrons. The van der Waals surface area contributed by atoms with Gasteiger partial charge in [-0.3, -0.25) is 0 Å². The third kappa shape index (κ3) is 4.09. The lowest BCUT2D eigenvalue weighted by atomic mass is 9.89. The first-order valence-corrected chi connectivity index (χ1v) is 16.0. The summed E-state index contributed by atoms with van der Waals surface area (Å²) in [6.07, 6.45) is 0. The van der Waals surface area contributed by atoms with Gasteiger partial charge >= 0.3 is 0 Å². The fraction of sp³-hybridized carbons (Fsp3) is 0. The maximum absolute atomic E-state index is 6.49. The van der Waals surface area contributed by atoms with E-state index in [0.29, 0.717) is 0 Å². The molecule has 0 saturated carbocycles. The zero-order valence-electron chi connectivity index (χ0n) is 25.4. The van der Waals surface area contributed by atoms with E-state index in [4.69, 9.17) is 9.40 Å². The van der Waals surface area contributed by atoms with Crippen molar-refractivity contribution in [3.8, 4) is 44.8 Å². The molecule has 0 atom stereocenters. The number of rotatable bonds is 4. The normalized spacial score (nSPS) is 11.8. The molecule has 0 saturated heterocycles. The van der Waals surface area contributed by atoms with E-state index in [2.05, 4.69) is 158 Å². The number of fused-ring (bicyclic) bond motifs is 3. The minimum atomic E-state index is 0.859. The van der Waals surface area contributed by atoms with Crippen molar-refractivity contribution in [1.82, 2.24) is 4.98 Å². The van der Waals surface area contributed by atoms with Crippen LogP contribution in [0.25, 0.3) is 99.0 Å². The zero-order valence-corrected chi connectivity index (χ0v) is 25.4. The van der Waals surface area contributed by atoms with Crippen molar-refractivity contribution in [1.29, 1.82) is 0 Å². The van der Waals surface area contributed by atoms with Gasteiger partial charge in [0.15, 0.2) is 0 Å². The molecule has 0 N–H and O–H groups in total. The third-order valence-corrected chi connectivity index (χ3v) is 9.61. The summed E-state index contributed by atoms with van der Waals surface area (Å²) in [5.74, 6) is 0. The van der Waals surface area contributed by atoms with E-state index in [1.54, 1.807) is 0 Å². The van der Waals surface area contributed by atoms with Gasteiger partial charge in [0.1, 0.15) is 11.2 Å². The van der Waals surface area contributed by atoms with E-state index in [1.807, 2.05) is 6.07 Å². The number of pyridine rings is 1. The average molecular weight is 598 g/mol. The fourth-order valence-electron chi connectivity index (χ4n) is 7.42. The molecule has 2 aromatic heterocycles. The highest BCUT2D eigenvalue weighted by Gasteiger charge is 2.18. The molecule has 10 aromatic rings. The molecule has 218 valence electrons. The van der Waals surface area contributed by atoms with Gasteiger partial charge < -0.3 is 4.42 Å². The standard InChI is InChI=1S/C45H27NO/c1-3-9-28(10-4-1)34-26-39(29-11-5-2-6-12-29)46-40(27-34)37-15-8-16-42-45(37)38-25-33(21-24-41(38)47-42)35-22-19-32-18-17-30-13-7-14-31-20-23-36(35)44(32)43(30)31/h1-27H. The van der Waals surface area contributed by atoms with Gasteiger partial charge in [-0.2, -0.15) is 0 Å². The van der Waals surface area contributed by atoms with E-state index in [0.717, 1.165) is 55.6 Å². The minimum absolute atomic E-state index is 0.859. The fourth-order valence-corrected chi connectivity index (χ4v) is 7.42. The van der Waals surface area contributed by atoms with Crippen molar-refractivity contribution >= 4 is 54.3 Å². The van der Waals surface area contributed by atoms with Gasteiger partial charge in [0.2, 0.25) is 0 Å². The van der Waals surface area contributed by atoms with Gasteiger partial charge in [-0.25, -0.2) is 4.98 Å². The van der Waals surface area contributed by atoms with Gasteiger partial charge in [0.05, 0.1) is 11.4 Å². The molecule has 0 aliphatic rings. The molecule has 47 heavy (non-hydrogen) atoms. The first-order chi connectivity index (χ1) is 23.3. The number of nitrogens with zero attached hydrogens (tertiary/aromatic N) is 1. The number of hydrogen-bond acceptors (Lipinski definition) is 2. The third-order valence-electron chi connectivity index (χ3n) is 9.61. The number of hydrogen-bond donors (Lipinski definition) is 0. The summed E-state index contributed by atoms with van der Waals surface area (Å²) in [7, 11) is 0. The Kier molecular flexibility index (Phi) is 5.61. The number of furan rings is 1. The highest BCUT2D eigenvalue weighted by molar-refractivity contribution is 6.25. The smallest absolute Gasteiger partial charge is 0.136 e. The van der Waals surface area contributed by atoms with Crippen LogP contribution in [-0.4, -0.2) is 4.98 Å². The molecule has 0 aliphatic heterocycles. The second kappa shape index (κ2) is 10.1. The Balaban J connectivity index is 1.21. The molecule has 10 rings (SSSR count). The molecule has 0 unspecified atom stereocenters. The van der Waals surface area contributed by atoms with Gasteiger partial charge in [-0.1, -0.05) is 133 Å². The summed E-state index contributed by atoms with van der Waals surface area (Å²) in [4.78, 5) is 5.26. The molecular weight excluding hydrogens is 571 g/mol. The van der Waals surface area contributed by atoms with Crippen LogP contribution in [0.5, 0.6) is 0 Å². The molecule has 8 aromatic carbocycles. The maximum Gasteiger partial charge on any atom is 0.136 e. The molecule has 0 bridgehead atoms. The van der Waals surface area contributed by atoms with E-state index >= 15 is 0 Å². The lowest BCUT2D eigenvalue weighted by Crippen LogP contribution is -1.92. The maximum atomic E-state index is 6.49. The van der Waals surface area contributed by atoms with Crippen LogP contribution in [-0.2, 0) is 0 Å². The Hall–Kier alpha value is -6.25. The van der Waals surface area contributed by atoms with Gasteiger partial charge in [-0.05, 0) is 84.9 Å². The molecule has 2 heterocycles. The van der Waals surface area contributed by atoms with Crippen LogP contribution < -0.4 is 0 Å². The topological polar surface area (TPSA) is 26.0 Å². The van der Waals surface area contributed by atoms with Crippen LogP contribution in [0.1, 0.15) is 0 Å². The van der Waals surface area contributed by atoms with Crippen molar-refractivity contribution in [2.75, 3.05) is 0 Å². The number of aromatic nitrogens is 1. The van der Waals surface area contributed by atoms with Crippen LogP contribution in [0.15, 0.2) is 168 Å².